The van der Waals surface area contributed by atoms with E-state index >= 15 is 0 Å². The number of hydrogen-bond acceptors (Lipinski definition) is 1. The summed E-state index contributed by atoms with van der Waals surface area (Å²) in [5, 5.41) is 9.95. The second-order valence-electron chi connectivity index (χ2n) is 9.68. The zero-order chi connectivity index (χ0) is 25.5. The minimum absolute atomic E-state index is 0.841. The van der Waals surface area contributed by atoms with Crippen LogP contribution in [0.1, 0.15) is 0 Å². The Morgan fingerprint density at radius 3 is 1.55 bits per heavy atom. The van der Waals surface area contributed by atoms with Crippen molar-refractivity contribution in [2.75, 3.05) is 0 Å². The van der Waals surface area contributed by atoms with Crippen molar-refractivity contribution in [2.45, 2.75) is 0 Å². The molecule has 1 nitrogen and oxygen atoms in total. The molecule has 0 radical (unpaired) electrons. The van der Waals surface area contributed by atoms with Crippen molar-refractivity contribution in [3.63, 3.8) is 0 Å². The predicted octanol–water partition coefficient (Wildman–Crippen LogP) is 8.45. The molecule has 0 saturated carbocycles. The molecule has 7 rings (SSSR count). The fourth-order valence-corrected chi connectivity index (χ4v) is 8.34. The van der Waals surface area contributed by atoms with Crippen molar-refractivity contribution in [1.29, 1.82) is 0 Å². The topological polar surface area (TPSA) is 17.1 Å². The molecule has 0 aliphatic heterocycles. The van der Waals surface area contributed by atoms with Gasteiger partial charge in [-0.3, -0.25) is 0 Å². The molecular formula is C36H25OP. The first-order valence-electron chi connectivity index (χ1n) is 12.9. The van der Waals surface area contributed by atoms with Crippen LogP contribution in [0.25, 0.3) is 43.4 Å². The summed E-state index contributed by atoms with van der Waals surface area (Å²) < 4.78 is 14.8. The molecule has 0 heterocycles. The van der Waals surface area contributed by atoms with Crippen molar-refractivity contribution >= 4 is 55.4 Å². The summed E-state index contributed by atoms with van der Waals surface area (Å²) in [6.07, 6.45) is 0. The highest BCUT2D eigenvalue weighted by Gasteiger charge is 2.29. The molecule has 7 aromatic carbocycles. The Kier molecular flexibility index (Phi) is 5.46. The maximum Gasteiger partial charge on any atom is 0.171 e. The van der Waals surface area contributed by atoms with Crippen molar-refractivity contribution in [1.82, 2.24) is 0 Å². The van der Waals surface area contributed by atoms with E-state index in [-0.39, 0.29) is 0 Å². The number of benzene rings is 7. The van der Waals surface area contributed by atoms with E-state index in [1.54, 1.807) is 0 Å². The molecule has 0 aromatic heterocycles. The van der Waals surface area contributed by atoms with E-state index in [0.29, 0.717) is 0 Å². The van der Waals surface area contributed by atoms with E-state index in [0.717, 1.165) is 21.5 Å². The standard InChI is InChI=1S/C36H25OP/c37-38(29-13-3-1-4-14-29,30-15-5-2-6-16-30)31-22-19-27(20-23-31)36-33-18-10-8-12-28(33)25-35-32-17-9-7-11-26(32)21-24-34(35)36/h1-25H. The van der Waals surface area contributed by atoms with Crippen molar-refractivity contribution in [2.24, 2.45) is 0 Å². The van der Waals surface area contributed by atoms with Gasteiger partial charge < -0.3 is 4.57 Å². The van der Waals surface area contributed by atoms with Gasteiger partial charge in [-0.05, 0) is 49.5 Å². The Morgan fingerprint density at radius 1 is 0.368 bits per heavy atom. The summed E-state index contributed by atoms with van der Waals surface area (Å²) in [5.74, 6) is 0. The second-order valence-corrected chi connectivity index (χ2v) is 12.4. The molecule has 2 heteroatoms. The first-order valence-corrected chi connectivity index (χ1v) is 14.6. The third-order valence-corrected chi connectivity index (χ3v) is 10.6. The molecule has 0 aliphatic rings. The average molecular weight is 505 g/mol. The van der Waals surface area contributed by atoms with Gasteiger partial charge in [-0.15, -0.1) is 0 Å². The number of rotatable bonds is 4. The predicted molar refractivity (Wildman–Crippen MR) is 164 cm³/mol. The van der Waals surface area contributed by atoms with Gasteiger partial charge in [0.25, 0.3) is 0 Å². The van der Waals surface area contributed by atoms with Gasteiger partial charge in [0.05, 0.1) is 0 Å². The highest BCUT2D eigenvalue weighted by atomic mass is 31.2. The zero-order valence-electron chi connectivity index (χ0n) is 20.8. The molecular weight excluding hydrogens is 479 g/mol. The van der Waals surface area contributed by atoms with Gasteiger partial charge in [-0.25, -0.2) is 0 Å². The van der Waals surface area contributed by atoms with E-state index < -0.39 is 7.14 Å². The van der Waals surface area contributed by atoms with Crippen LogP contribution in [0.5, 0.6) is 0 Å². The van der Waals surface area contributed by atoms with Crippen LogP contribution in [-0.4, -0.2) is 0 Å². The lowest BCUT2D eigenvalue weighted by atomic mass is 9.90. The molecule has 180 valence electrons. The van der Waals surface area contributed by atoms with Crippen LogP contribution in [0.2, 0.25) is 0 Å². The molecule has 0 amide bonds. The Morgan fingerprint density at radius 2 is 0.895 bits per heavy atom. The van der Waals surface area contributed by atoms with Crippen LogP contribution in [0, 0.1) is 0 Å². The van der Waals surface area contributed by atoms with Crippen molar-refractivity contribution in [3.8, 4) is 11.1 Å². The Labute approximate surface area is 222 Å². The van der Waals surface area contributed by atoms with Gasteiger partial charge in [0.15, 0.2) is 7.14 Å². The minimum Gasteiger partial charge on any atom is -0.309 e. The molecule has 0 atom stereocenters. The van der Waals surface area contributed by atoms with E-state index in [9.17, 15) is 4.57 Å². The molecule has 0 bridgehead atoms. The maximum atomic E-state index is 14.8. The van der Waals surface area contributed by atoms with Crippen LogP contribution < -0.4 is 15.9 Å². The Hall–Kier alpha value is -4.45. The highest BCUT2D eigenvalue weighted by Crippen LogP contribution is 2.44. The molecule has 0 spiro atoms. The van der Waals surface area contributed by atoms with E-state index in [1.165, 1.54) is 37.9 Å². The normalized spacial score (nSPS) is 11.8. The average Bonchev–Trinajstić information content (AvgIpc) is 3.00. The summed E-state index contributed by atoms with van der Waals surface area (Å²) in [5.41, 5.74) is 2.34. The molecule has 0 unspecified atom stereocenters. The van der Waals surface area contributed by atoms with Crippen LogP contribution in [0.15, 0.2) is 152 Å². The first-order chi connectivity index (χ1) is 18.7. The van der Waals surface area contributed by atoms with Gasteiger partial charge in [0.2, 0.25) is 0 Å². The van der Waals surface area contributed by atoms with Gasteiger partial charge in [-0.1, -0.05) is 146 Å². The summed E-state index contributed by atoms with van der Waals surface area (Å²) >= 11 is 0. The molecule has 0 saturated heterocycles. The van der Waals surface area contributed by atoms with E-state index in [2.05, 4.69) is 91.0 Å². The maximum absolute atomic E-state index is 14.8. The summed E-state index contributed by atoms with van der Waals surface area (Å²) in [6, 6.07) is 52.0. The largest absolute Gasteiger partial charge is 0.309 e. The lowest BCUT2D eigenvalue weighted by Crippen LogP contribution is -2.24. The quantitative estimate of drug-likeness (QED) is 0.134. The molecule has 0 fully saturated rings. The molecule has 38 heavy (non-hydrogen) atoms. The third kappa shape index (κ3) is 3.59. The Balaban J connectivity index is 1.47. The van der Waals surface area contributed by atoms with Crippen LogP contribution in [0.4, 0.5) is 0 Å². The SMILES string of the molecule is O=P(c1ccccc1)(c1ccccc1)c1ccc(-c2c3ccccc3cc3c2ccc2ccccc23)cc1. The minimum atomic E-state index is -3.02. The monoisotopic (exact) mass is 504 g/mol. The second kappa shape index (κ2) is 9.14. The van der Waals surface area contributed by atoms with Gasteiger partial charge in [0.1, 0.15) is 0 Å². The molecule has 0 aliphatic carbocycles. The number of fused-ring (bicyclic) bond motifs is 4. The van der Waals surface area contributed by atoms with Gasteiger partial charge in [0, 0.05) is 15.9 Å². The van der Waals surface area contributed by atoms with Gasteiger partial charge in [-0.2, -0.15) is 0 Å². The van der Waals surface area contributed by atoms with Crippen LogP contribution >= 0.6 is 7.14 Å². The Bertz CT molecular complexity index is 1930. The summed E-state index contributed by atoms with van der Waals surface area (Å²) in [4.78, 5) is 0. The molecule has 7 aromatic rings. The smallest absolute Gasteiger partial charge is 0.171 e. The van der Waals surface area contributed by atoms with E-state index in [4.69, 9.17) is 0 Å². The highest BCUT2D eigenvalue weighted by molar-refractivity contribution is 7.85. The fraction of sp³-hybridized carbons (Fsp3) is 0. The van der Waals surface area contributed by atoms with Gasteiger partial charge >= 0.3 is 0 Å². The third-order valence-electron chi connectivity index (χ3n) is 7.53. The first kappa shape index (κ1) is 22.7. The zero-order valence-corrected chi connectivity index (χ0v) is 21.7. The lowest BCUT2D eigenvalue weighted by Gasteiger charge is -2.20. The number of hydrogen-bond donors (Lipinski definition) is 0. The summed E-state index contributed by atoms with van der Waals surface area (Å²) in [7, 11) is -3.02. The van der Waals surface area contributed by atoms with Crippen LogP contribution in [0.3, 0.4) is 0 Å². The van der Waals surface area contributed by atoms with Crippen LogP contribution in [-0.2, 0) is 4.57 Å². The lowest BCUT2D eigenvalue weighted by molar-refractivity contribution is 0.592. The fourth-order valence-electron chi connectivity index (χ4n) is 5.69. The van der Waals surface area contributed by atoms with Crippen molar-refractivity contribution < 1.29 is 4.57 Å². The van der Waals surface area contributed by atoms with Crippen molar-refractivity contribution in [3.05, 3.63) is 152 Å². The van der Waals surface area contributed by atoms with E-state index in [1.807, 2.05) is 60.7 Å². The summed E-state index contributed by atoms with van der Waals surface area (Å²) in [6.45, 7) is 0. The molecule has 0 N–H and O–H groups in total.